The molecule has 2 rings (SSSR count). The quantitative estimate of drug-likeness (QED) is 0.664. The van der Waals surface area contributed by atoms with Gasteiger partial charge < -0.3 is 15.7 Å². The Morgan fingerprint density at radius 1 is 1.22 bits per heavy atom. The van der Waals surface area contributed by atoms with Gasteiger partial charge in [-0.3, -0.25) is 4.79 Å². The first kappa shape index (κ1) is 13.8. The van der Waals surface area contributed by atoms with E-state index in [9.17, 15) is 9.90 Å². The largest absolute Gasteiger partial charge is 0.395 e. The number of nitrogens with one attached hydrogen (secondary N) is 2. The summed E-state index contributed by atoms with van der Waals surface area (Å²) in [6, 6.07) is 0.478. The molecule has 0 radical (unpaired) electrons. The molecule has 3 N–H and O–H groups in total. The van der Waals surface area contributed by atoms with Crippen molar-refractivity contribution in [3.05, 3.63) is 0 Å². The van der Waals surface area contributed by atoms with E-state index in [-0.39, 0.29) is 18.6 Å². The molecular formula is C14H26N2O2. The number of hydrogen-bond acceptors (Lipinski definition) is 3. The maximum Gasteiger partial charge on any atom is 0.234 e. The normalized spacial score (nSPS) is 29.9. The van der Waals surface area contributed by atoms with Crippen molar-refractivity contribution in [2.24, 2.45) is 11.8 Å². The fourth-order valence-electron chi connectivity index (χ4n) is 2.79. The molecule has 0 aromatic rings. The van der Waals surface area contributed by atoms with Crippen LogP contribution >= 0.6 is 0 Å². The second kappa shape index (κ2) is 6.53. The topological polar surface area (TPSA) is 61.4 Å². The van der Waals surface area contributed by atoms with E-state index >= 15 is 0 Å². The SMILES string of the molecule is CC1CCC(NC(=O)CN[C@@H](CO)C2CC2)CC1. The molecule has 2 saturated carbocycles. The van der Waals surface area contributed by atoms with Gasteiger partial charge in [0.1, 0.15) is 0 Å². The lowest BCUT2D eigenvalue weighted by Gasteiger charge is -2.27. The average Bonchev–Trinajstić information content (AvgIpc) is 3.17. The van der Waals surface area contributed by atoms with Crippen molar-refractivity contribution in [2.45, 2.75) is 57.5 Å². The molecule has 104 valence electrons. The third kappa shape index (κ3) is 4.25. The van der Waals surface area contributed by atoms with Crippen LogP contribution in [0.4, 0.5) is 0 Å². The maximum atomic E-state index is 11.8. The van der Waals surface area contributed by atoms with E-state index in [1.165, 1.54) is 25.7 Å². The Hall–Kier alpha value is -0.610. The predicted molar refractivity (Wildman–Crippen MR) is 71.2 cm³/mol. The molecule has 4 nitrogen and oxygen atoms in total. The molecule has 0 aromatic carbocycles. The number of carbonyl (C=O) groups is 1. The van der Waals surface area contributed by atoms with Crippen LogP contribution in [0.2, 0.25) is 0 Å². The van der Waals surface area contributed by atoms with Crippen molar-refractivity contribution in [3.8, 4) is 0 Å². The number of aliphatic hydroxyl groups excluding tert-OH is 1. The van der Waals surface area contributed by atoms with Crippen molar-refractivity contribution in [1.29, 1.82) is 0 Å². The van der Waals surface area contributed by atoms with E-state index < -0.39 is 0 Å². The number of hydrogen-bond donors (Lipinski definition) is 3. The zero-order valence-electron chi connectivity index (χ0n) is 11.3. The molecule has 0 aromatic heterocycles. The van der Waals surface area contributed by atoms with Crippen molar-refractivity contribution in [1.82, 2.24) is 10.6 Å². The molecule has 18 heavy (non-hydrogen) atoms. The maximum absolute atomic E-state index is 11.8. The average molecular weight is 254 g/mol. The van der Waals surface area contributed by atoms with E-state index in [0.717, 1.165) is 18.8 Å². The van der Waals surface area contributed by atoms with Crippen LogP contribution in [0, 0.1) is 11.8 Å². The fraction of sp³-hybridized carbons (Fsp3) is 0.929. The number of aliphatic hydroxyl groups is 1. The molecular weight excluding hydrogens is 228 g/mol. The van der Waals surface area contributed by atoms with Gasteiger partial charge in [-0.2, -0.15) is 0 Å². The van der Waals surface area contributed by atoms with Gasteiger partial charge in [0.2, 0.25) is 5.91 Å². The summed E-state index contributed by atoms with van der Waals surface area (Å²) in [6.07, 6.45) is 7.03. The molecule has 0 spiro atoms. The highest BCUT2D eigenvalue weighted by molar-refractivity contribution is 5.78. The van der Waals surface area contributed by atoms with E-state index in [4.69, 9.17) is 0 Å². The Bertz CT molecular complexity index is 271. The minimum atomic E-state index is 0.0775. The van der Waals surface area contributed by atoms with Crippen molar-refractivity contribution in [2.75, 3.05) is 13.2 Å². The summed E-state index contributed by atoms with van der Waals surface area (Å²) in [7, 11) is 0. The monoisotopic (exact) mass is 254 g/mol. The lowest BCUT2D eigenvalue weighted by Crippen LogP contribution is -2.45. The van der Waals surface area contributed by atoms with Crippen molar-refractivity contribution >= 4 is 5.91 Å². The second-order valence-electron chi connectivity index (χ2n) is 6.03. The predicted octanol–water partition coefficient (Wildman–Crippen LogP) is 1.04. The van der Waals surface area contributed by atoms with Crippen LogP contribution in [0.5, 0.6) is 0 Å². The lowest BCUT2D eigenvalue weighted by molar-refractivity contribution is -0.121. The van der Waals surface area contributed by atoms with Crippen LogP contribution in [0.1, 0.15) is 45.4 Å². The van der Waals surface area contributed by atoms with Crippen LogP contribution in [0.3, 0.4) is 0 Å². The first-order chi connectivity index (χ1) is 8.69. The molecule has 0 heterocycles. The Balaban J connectivity index is 1.62. The Labute approximate surface area is 110 Å². The summed E-state index contributed by atoms with van der Waals surface area (Å²) in [5, 5.41) is 15.5. The third-order valence-corrected chi connectivity index (χ3v) is 4.29. The van der Waals surface area contributed by atoms with Gasteiger partial charge in [-0.15, -0.1) is 0 Å². The van der Waals surface area contributed by atoms with Gasteiger partial charge in [0.05, 0.1) is 13.2 Å². The van der Waals surface area contributed by atoms with Crippen molar-refractivity contribution in [3.63, 3.8) is 0 Å². The van der Waals surface area contributed by atoms with Gasteiger partial charge in [-0.25, -0.2) is 0 Å². The first-order valence-electron chi connectivity index (χ1n) is 7.32. The van der Waals surface area contributed by atoms with E-state index in [0.29, 0.717) is 18.5 Å². The third-order valence-electron chi connectivity index (χ3n) is 4.29. The standard InChI is InChI=1S/C14H26N2O2/c1-10-2-6-12(7-3-10)16-14(18)8-15-13(9-17)11-4-5-11/h10-13,15,17H,2-9H2,1H3,(H,16,18)/t10?,12?,13-/m0/s1. The van der Waals surface area contributed by atoms with E-state index in [1.807, 2.05) is 0 Å². The van der Waals surface area contributed by atoms with Gasteiger partial charge in [0.25, 0.3) is 0 Å². The fourth-order valence-corrected chi connectivity index (χ4v) is 2.79. The van der Waals surface area contributed by atoms with Gasteiger partial charge in [-0.1, -0.05) is 6.92 Å². The van der Waals surface area contributed by atoms with Gasteiger partial charge in [-0.05, 0) is 50.4 Å². The van der Waals surface area contributed by atoms with Crippen molar-refractivity contribution < 1.29 is 9.90 Å². The summed E-state index contributed by atoms with van der Waals surface area (Å²) in [6.45, 7) is 2.76. The minimum absolute atomic E-state index is 0.0775. The molecule has 2 fully saturated rings. The summed E-state index contributed by atoms with van der Waals surface area (Å²) >= 11 is 0. The summed E-state index contributed by atoms with van der Waals surface area (Å²) < 4.78 is 0. The van der Waals surface area contributed by atoms with Crippen LogP contribution in [0.25, 0.3) is 0 Å². The smallest absolute Gasteiger partial charge is 0.234 e. The van der Waals surface area contributed by atoms with Crippen LogP contribution in [-0.2, 0) is 4.79 Å². The summed E-state index contributed by atoms with van der Waals surface area (Å²) in [5.41, 5.74) is 0. The zero-order chi connectivity index (χ0) is 13.0. The highest BCUT2D eigenvalue weighted by atomic mass is 16.3. The van der Waals surface area contributed by atoms with E-state index in [1.54, 1.807) is 0 Å². The Morgan fingerprint density at radius 2 is 1.89 bits per heavy atom. The molecule has 0 unspecified atom stereocenters. The molecule has 4 heteroatoms. The van der Waals surface area contributed by atoms with Crippen LogP contribution < -0.4 is 10.6 Å². The Kier molecular flexibility index (Phi) is 5.01. The zero-order valence-corrected chi connectivity index (χ0v) is 11.3. The highest BCUT2D eigenvalue weighted by Gasteiger charge is 2.30. The molecule has 0 bridgehead atoms. The van der Waals surface area contributed by atoms with Crippen LogP contribution in [-0.4, -0.2) is 36.2 Å². The van der Waals surface area contributed by atoms with Gasteiger partial charge in [0.15, 0.2) is 0 Å². The molecule has 2 aliphatic carbocycles. The van der Waals surface area contributed by atoms with Crippen LogP contribution in [0.15, 0.2) is 0 Å². The molecule has 1 amide bonds. The second-order valence-corrected chi connectivity index (χ2v) is 6.03. The summed E-state index contributed by atoms with van der Waals surface area (Å²) in [5.74, 6) is 1.47. The molecule has 1 atom stereocenters. The van der Waals surface area contributed by atoms with E-state index in [2.05, 4.69) is 17.6 Å². The Morgan fingerprint density at radius 3 is 2.44 bits per heavy atom. The molecule has 0 saturated heterocycles. The number of amides is 1. The minimum Gasteiger partial charge on any atom is -0.395 e. The summed E-state index contributed by atoms with van der Waals surface area (Å²) in [4.78, 5) is 11.8. The molecule has 2 aliphatic rings. The number of rotatable bonds is 6. The van der Waals surface area contributed by atoms with Gasteiger partial charge in [0, 0.05) is 12.1 Å². The van der Waals surface area contributed by atoms with Gasteiger partial charge >= 0.3 is 0 Å². The highest BCUT2D eigenvalue weighted by Crippen LogP contribution is 2.32. The first-order valence-corrected chi connectivity index (χ1v) is 7.32. The number of carbonyl (C=O) groups excluding carboxylic acids is 1. The molecule has 0 aliphatic heterocycles. The lowest BCUT2D eigenvalue weighted by atomic mass is 9.87.